The molecule has 1 aromatic heterocycles. The van der Waals surface area contributed by atoms with Crippen LogP contribution in [-0.4, -0.2) is 28.7 Å². The van der Waals surface area contributed by atoms with E-state index >= 15 is 0 Å². The second-order valence-electron chi connectivity index (χ2n) is 11.8. The number of rotatable bonds is 6. The lowest BCUT2D eigenvalue weighted by Gasteiger charge is -2.37. The van der Waals surface area contributed by atoms with Crippen LogP contribution in [0, 0.1) is 36.0 Å². The minimum absolute atomic E-state index is 0.0737. The molecule has 0 radical (unpaired) electrons. The molecule has 0 N–H and O–H groups in total. The first kappa shape index (κ1) is 32.5. The van der Waals surface area contributed by atoms with Crippen LogP contribution in [0.25, 0.3) is 6.08 Å². The number of Topliss-reactive ketones (excluding diaryl/α,β-unsaturated/α-hetero) is 1. The maximum atomic E-state index is 14.0. The predicted octanol–water partition coefficient (Wildman–Crippen LogP) is 8.98. The average molecular weight is 562 g/mol. The third kappa shape index (κ3) is 9.48. The van der Waals surface area contributed by atoms with Gasteiger partial charge in [0.15, 0.2) is 0 Å². The molecule has 6 heteroatoms. The van der Waals surface area contributed by atoms with Crippen molar-refractivity contribution in [2.45, 2.75) is 100 Å². The van der Waals surface area contributed by atoms with Crippen molar-refractivity contribution in [1.82, 2.24) is 4.98 Å². The van der Waals surface area contributed by atoms with Gasteiger partial charge in [-0.3, -0.25) is 9.59 Å². The summed E-state index contributed by atoms with van der Waals surface area (Å²) < 4.78 is 6.06. The van der Waals surface area contributed by atoms with Crippen LogP contribution in [0.15, 0.2) is 34.8 Å². The zero-order chi connectivity index (χ0) is 28.5. The average Bonchev–Trinajstić information content (AvgIpc) is 3.27. The summed E-state index contributed by atoms with van der Waals surface area (Å²) in [6.45, 7) is 16.5. The van der Waals surface area contributed by atoms with Crippen LogP contribution in [0.3, 0.4) is 0 Å². The topological polar surface area (TPSA) is 56.3 Å². The van der Waals surface area contributed by atoms with E-state index in [9.17, 15) is 9.59 Å². The molecule has 212 valence electrons. The van der Waals surface area contributed by atoms with E-state index in [1.807, 2.05) is 46.1 Å². The fourth-order valence-corrected chi connectivity index (χ4v) is 5.78. The summed E-state index contributed by atoms with van der Waals surface area (Å²) in [5.41, 5.74) is 2.44. The van der Waals surface area contributed by atoms with Gasteiger partial charge in [-0.1, -0.05) is 64.8 Å². The Morgan fingerprint density at radius 2 is 1.92 bits per heavy atom. The summed E-state index contributed by atoms with van der Waals surface area (Å²) in [7, 11) is 0. The van der Waals surface area contributed by atoms with E-state index in [-0.39, 0.29) is 47.9 Å². The second-order valence-corrected chi connectivity index (χ2v) is 13.2. The molecule has 0 bridgehead atoms. The molecule has 0 aliphatic carbocycles. The summed E-state index contributed by atoms with van der Waals surface area (Å²) in [6, 6.07) is 0. The van der Waals surface area contributed by atoms with Crippen molar-refractivity contribution in [2.75, 3.05) is 5.88 Å². The second kappa shape index (κ2) is 15.2. The predicted molar refractivity (Wildman–Crippen MR) is 161 cm³/mol. The monoisotopic (exact) mass is 561 g/mol. The van der Waals surface area contributed by atoms with Crippen LogP contribution in [0.5, 0.6) is 0 Å². The number of thiazole rings is 1. The number of hydrogen-bond acceptors (Lipinski definition) is 5. The number of aryl methyl sites for hydroxylation is 1. The SMILES string of the molecule is C/C1=C/C[C@@H](/C(C)=C/c2csc(C)n2)OC(=O)C[C@H](C)C(C)(C)C(=O)[C@H](CCCCCl)[C@@H](C)[C@@H](C)/C=C/C1. The van der Waals surface area contributed by atoms with Gasteiger partial charge in [0.25, 0.3) is 0 Å². The fraction of sp³-hybridized carbons (Fsp3) is 0.656. The highest BCUT2D eigenvalue weighted by atomic mass is 35.5. The van der Waals surface area contributed by atoms with Gasteiger partial charge in [-0.15, -0.1) is 22.9 Å². The summed E-state index contributed by atoms with van der Waals surface area (Å²) in [6.07, 6.45) is 12.6. The summed E-state index contributed by atoms with van der Waals surface area (Å²) in [4.78, 5) is 31.8. The maximum absolute atomic E-state index is 14.0. The Morgan fingerprint density at radius 3 is 2.55 bits per heavy atom. The van der Waals surface area contributed by atoms with Crippen LogP contribution < -0.4 is 0 Å². The van der Waals surface area contributed by atoms with Gasteiger partial charge in [-0.2, -0.15) is 0 Å². The minimum atomic E-state index is -0.644. The van der Waals surface area contributed by atoms with E-state index in [1.54, 1.807) is 11.3 Å². The van der Waals surface area contributed by atoms with Crippen LogP contribution in [0.1, 0.15) is 97.7 Å². The highest BCUT2D eigenvalue weighted by Gasteiger charge is 2.41. The van der Waals surface area contributed by atoms with Crippen molar-refractivity contribution in [3.05, 3.63) is 45.5 Å². The number of hydrogen-bond donors (Lipinski definition) is 0. The quantitative estimate of drug-likeness (QED) is 0.150. The van der Waals surface area contributed by atoms with Gasteiger partial charge in [-0.25, -0.2) is 4.98 Å². The van der Waals surface area contributed by atoms with E-state index in [0.29, 0.717) is 12.3 Å². The first-order valence-corrected chi connectivity index (χ1v) is 15.5. The van der Waals surface area contributed by atoms with Gasteiger partial charge < -0.3 is 4.74 Å². The Balaban J connectivity index is 2.39. The first-order valence-electron chi connectivity index (χ1n) is 14.1. The van der Waals surface area contributed by atoms with Crippen LogP contribution in [0.4, 0.5) is 0 Å². The largest absolute Gasteiger partial charge is 0.457 e. The molecule has 0 aromatic carbocycles. The zero-order valence-electron chi connectivity index (χ0n) is 24.7. The van der Waals surface area contributed by atoms with E-state index in [2.05, 4.69) is 44.0 Å². The van der Waals surface area contributed by atoms with Crippen molar-refractivity contribution < 1.29 is 14.3 Å². The molecule has 2 heterocycles. The van der Waals surface area contributed by atoms with Crippen LogP contribution in [-0.2, 0) is 14.3 Å². The summed E-state index contributed by atoms with van der Waals surface area (Å²) in [5, 5.41) is 3.02. The highest BCUT2D eigenvalue weighted by Crippen LogP contribution is 2.39. The van der Waals surface area contributed by atoms with Crippen molar-refractivity contribution in [2.24, 2.45) is 29.1 Å². The molecule has 1 aromatic rings. The molecule has 0 spiro atoms. The molecule has 1 aliphatic rings. The van der Waals surface area contributed by atoms with Crippen molar-refractivity contribution in [3.8, 4) is 0 Å². The molecule has 1 aliphatic heterocycles. The van der Waals surface area contributed by atoms with E-state index in [4.69, 9.17) is 16.3 Å². The smallest absolute Gasteiger partial charge is 0.306 e. The van der Waals surface area contributed by atoms with E-state index in [0.717, 1.165) is 42.0 Å². The molecule has 0 unspecified atom stereocenters. The highest BCUT2D eigenvalue weighted by molar-refractivity contribution is 7.09. The Kier molecular flexibility index (Phi) is 13.0. The molecule has 0 amide bonds. The lowest BCUT2D eigenvalue weighted by Crippen LogP contribution is -2.41. The zero-order valence-corrected chi connectivity index (χ0v) is 26.3. The number of nitrogens with zero attached hydrogens (tertiary/aromatic N) is 1. The van der Waals surface area contributed by atoms with Crippen LogP contribution in [0.2, 0.25) is 0 Å². The van der Waals surface area contributed by atoms with Gasteiger partial charge in [-0.05, 0) is 69.4 Å². The molecule has 4 nitrogen and oxygen atoms in total. The summed E-state index contributed by atoms with van der Waals surface area (Å²) >= 11 is 7.56. The number of ketones is 1. The van der Waals surface area contributed by atoms with Gasteiger partial charge in [0.2, 0.25) is 0 Å². The number of ether oxygens (including phenoxy) is 1. The first-order chi connectivity index (χ1) is 17.9. The number of aromatic nitrogens is 1. The van der Waals surface area contributed by atoms with Crippen molar-refractivity contribution in [1.29, 1.82) is 0 Å². The number of esters is 1. The number of carbonyl (C=O) groups is 2. The van der Waals surface area contributed by atoms with Crippen LogP contribution >= 0.6 is 22.9 Å². The van der Waals surface area contributed by atoms with Gasteiger partial charge >= 0.3 is 5.97 Å². The van der Waals surface area contributed by atoms with Crippen molar-refractivity contribution >= 4 is 40.8 Å². The molecular weight excluding hydrogens is 514 g/mol. The molecule has 2 rings (SSSR count). The third-order valence-electron chi connectivity index (χ3n) is 8.39. The number of halogens is 1. The van der Waals surface area contributed by atoms with E-state index in [1.165, 1.54) is 5.57 Å². The molecule has 38 heavy (non-hydrogen) atoms. The molecule has 0 saturated carbocycles. The molecule has 5 atom stereocenters. The lowest BCUT2D eigenvalue weighted by atomic mass is 9.66. The molecule has 0 saturated heterocycles. The third-order valence-corrected chi connectivity index (χ3v) is 9.45. The number of allylic oxidation sites excluding steroid dienone is 3. The Labute approximate surface area is 240 Å². The number of cyclic esters (lactones) is 1. The molecular formula is C32H48ClNO3S. The van der Waals surface area contributed by atoms with Gasteiger partial charge in [0.05, 0.1) is 10.7 Å². The van der Waals surface area contributed by atoms with Gasteiger partial charge in [0, 0.05) is 35.4 Å². The Bertz CT molecular complexity index is 1020. The van der Waals surface area contributed by atoms with Crippen molar-refractivity contribution in [3.63, 3.8) is 0 Å². The number of unbranched alkanes of at least 4 members (excludes halogenated alkanes) is 1. The fourth-order valence-electron chi connectivity index (χ4n) is 5.03. The Hall–Kier alpha value is -1.72. The summed E-state index contributed by atoms with van der Waals surface area (Å²) in [5.74, 6) is 0.854. The number of carbonyl (C=O) groups excluding carboxylic acids is 2. The normalized spacial score (nSPS) is 30.4. The molecule has 0 fully saturated rings. The maximum Gasteiger partial charge on any atom is 0.306 e. The Morgan fingerprint density at radius 1 is 1.21 bits per heavy atom. The lowest BCUT2D eigenvalue weighted by molar-refractivity contribution is -0.150. The number of alkyl halides is 1. The van der Waals surface area contributed by atoms with E-state index < -0.39 is 5.41 Å². The minimum Gasteiger partial charge on any atom is -0.457 e. The van der Waals surface area contributed by atoms with Gasteiger partial charge in [0.1, 0.15) is 11.9 Å². The standard InChI is InChI=1S/C32H48ClNO3S/c1-21-12-11-13-22(2)25(5)28(14-9-10-17-33)31(36)32(7,8)24(4)19-30(35)37-29(16-15-21)23(3)18-27-20-38-26(6)34-27/h11,13,15,18,20,22,24-25,28-29H,9-10,12,14,16-17,19H2,1-8H3/b13-11+,21-15-,23-18+/t22-,24-,25-,28+,29-/m0/s1.